The topological polar surface area (TPSA) is 87.3 Å². The predicted molar refractivity (Wildman–Crippen MR) is 92.3 cm³/mol. The molecule has 1 atom stereocenters. The van der Waals surface area contributed by atoms with Crippen molar-refractivity contribution in [3.05, 3.63) is 29.3 Å². The zero-order chi connectivity index (χ0) is 17.2. The van der Waals surface area contributed by atoms with Gasteiger partial charge in [-0.05, 0) is 56.0 Å². The Bertz CT molecular complexity index is 717. The van der Waals surface area contributed by atoms with Crippen molar-refractivity contribution in [2.24, 2.45) is 11.3 Å². The fourth-order valence-electron chi connectivity index (χ4n) is 3.41. The van der Waals surface area contributed by atoms with E-state index in [4.69, 9.17) is 11.6 Å². The van der Waals surface area contributed by atoms with Crippen molar-refractivity contribution in [3.8, 4) is 0 Å². The summed E-state index contributed by atoms with van der Waals surface area (Å²) in [5.74, 6) is 0.128. The number of nitrogens with one attached hydrogen (secondary N) is 3. The molecule has 132 valence electrons. The highest BCUT2D eigenvalue weighted by molar-refractivity contribution is 7.89. The smallest absolute Gasteiger partial charge is 0.240 e. The summed E-state index contributed by atoms with van der Waals surface area (Å²) in [6, 6.07) is 6.09. The first-order valence-electron chi connectivity index (χ1n) is 8.17. The lowest BCUT2D eigenvalue weighted by Gasteiger charge is -2.23. The number of benzene rings is 1. The molecule has 1 saturated heterocycles. The third-order valence-electron chi connectivity index (χ3n) is 4.93. The molecule has 3 N–H and O–H groups in total. The van der Waals surface area contributed by atoms with Gasteiger partial charge in [0.25, 0.3) is 0 Å². The second-order valence-electron chi connectivity index (χ2n) is 6.52. The molecular formula is C16H22ClN3O3S. The van der Waals surface area contributed by atoms with Crippen molar-refractivity contribution >= 4 is 27.5 Å². The van der Waals surface area contributed by atoms with E-state index in [1.54, 1.807) is 12.1 Å². The Balaban J connectivity index is 1.43. The summed E-state index contributed by atoms with van der Waals surface area (Å²) < 4.78 is 26.7. The molecule has 0 radical (unpaired) electrons. The molecule has 3 rings (SSSR count). The highest BCUT2D eigenvalue weighted by Crippen LogP contribution is 2.58. The molecule has 0 aromatic heterocycles. The van der Waals surface area contributed by atoms with Crippen molar-refractivity contribution in [2.45, 2.75) is 24.2 Å². The van der Waals surface area contributed by atoms with Crippen LogP contribution in [0.1, 0.15) is 19.3 Å². The minimum atomic E-state index is -3.61. The van der Waals surface area contributed by atoms with Crippen LogP contribution in [-0.2, 0) is 14.8 Å². The zero-order valence-corrected chi connectivity index (χ0v) is 14.9. The third-order valence-corrected chi connectivity index (χ3v) is 6.62. The van der Waals surface area contributed by atoms with Crippen molar-refractivity contribution in [3.63, 3.8) is 0 Å². The molecule has 1 aliphatic heterocycles. The van der Waals surface area contributed by atoms with Crippen LogP contribution in [0.2, 0.25) is 5.02 Å². The molecule has 1 amide bonds. The standard InChI is InChI=1S/C16H22ClN3O3S/c17-12-2-1-3-13(10-12)24(22,23)20-9-8-19-15(21)14-11-16(14)4-6-18-7-5-16/h1-3,10,14,18,20H,4-9,11H2,(H,19,21). The van der Waals surface area contributed by atoms with Crippen LogP contribution >= 0.6 is 11.6 Å². The molecular weight excluding hydrogens is 350 g/mol. The van der Waals surface area contributed by atoms with Gasteiger partial charge in [0, 0.05) is 24.0 Å². The van der Waals surface area contributed by atoms with Crippen molar-refractivity contribution in [2.75, 3.05) is 26.2 Å². The van der Waals surface area contributed by atoms with Crippen LogP contribution in [0.4, 0.5) is 0 Å². The Hall–Kier alpha value is -1.15. The first kappa shape index (κ1) is 17.7. The lowest BCUT2D eigenvalue weighted by atomic mass is 9.92. The Kier molecular flexibility index (Phi) is 5.15. The number of rotatable bonds is 6. The molecule has 2 fully saturated rings. The van der Waals surface area contributed by atoms with Gasteiger partial charge >= 0.3 is 0 Å². The third kappa shape index (κ3) is 3.91. The number of sulfonamides is 1. The van der Waals surface area contributed by atoms with Crippen molar-refractivity contribution in [1.82, 2.24) is 15.4 Å². The number of amides is 1. The van der Waals surface area contributed by atoms with Gasteiger partial charge in [0.05, 0.1) is 4.90 Å². The Morgan fingerprint density at radius 2 is 2.04 bits per heavy atom. The highest BCUT2D eigenvalue weighted by atomic mass is 35.5. The largest absolute Gasteiger partial charge is 0.355 e. The fourth-order valence-corrected chi connectivity index (χ4v) is 4.74. The SMILES string of the molecule is O=C(NCCNS(=O)(=O)c1cccc(Cl)c1)C1CC12CCNCC2. The first-order chi connectivity index (χ1) is 11.4. The van der Waals surface area contributed by atoms with Crippen molar-refractivity contribution < 1.29 is 13.2 Å². The lowest BCUT2D eigenvalue weighted by Crippen LogP contribution is -2.37. The summed E-state index contributed by atoms with van der Waals surface area (Å²) in [6.07, 6.45) is 3.05. The first-order valence-corrected chi connectivity index (χ1v) is 10.0. The van der Waals surface area contributed by atoms with Crippen molar-refractivity contribution in [1.29, 1.82) is 0 Å². The molecule has 1 heterocycles. The van der Waals surface area contributed by atoms with E-state index >= 15 is 0 Å². The van der Waals surface area contributed by atoms with Gasteiger partial charge in [-0.2, -0.15) is 0 Å². The van der Waals surface area contributed by atoms with E-state index in [0.29, 0.717) is 5.02 Å². The molecule has 2 aliphatic rings. The molecule has 1 unspecified atom stereocenters. The number of carbonyl (C=O) groups is 1. The number of hydrogen-bond acceptors (Lipinski definition) is 4. The van der Waals surface area contributed by atoms with Crippen LogP contribution in [0.25, 0.3) is 0 Å². The number of piperidine rings is 1. The zero-order valence-electron chi connectivity index (χ0n) is 13.3. The Morgan fingerprint density at radius 3 is 2.75 bits per heavy atom. The molecule has 8 heteroatoms. The molecule has 6 nitrogen and oxygen atoms in total. The molecule has 1 aromatic carbocycles. The summed E-state index contributed by atoms with van der Waals surface area (Å²) in [4.78, 5) is 12.3. The van der Waals surface area contributed by atoms with E-state index in [0.717, 1.165) is 32.4 Å². The molecule has 1 aliphatic carbocycles. The van der Waals surface area contributed by atoms with Gasteiger partial charge < -0.3 is 10.6 Å². The normalized spacial score (nSPS) is 22.3. The van der Waals surface area contributed by atoms with Gasteiger partial charge in [0.1, 0.15) is 0 Å². The number of carbonyl (C=O) groups excluding carboxylic acids is 1. The van der Waals surface area contributed by atoms with Gasteiger partial charge in [-0.1, -0.05) is 17.7 Å². The van der Waals surface area contributed by atoms with Gasteiger partial charge in [-0.25, -0.2) is 13.1 Å². The van der Waals surface area contributed by atoms with Gasteiger partial charge in [-0.15, -0.1) is 0 Å². The maximum Gasteiger partial charge on any atom is 0.240 e. The van der Waals surface area contributed by atoms with E-state index in [2.05, 4.69) is 15.4 Å². The monoisotopic (exact) mass is 371 g/mol. The van der Waals surface area contributed by atoms with Crippen LogP contribution in [0, 0.1) is 11.3 Å². The summed E-state index contributed by atoms with van der Waals surface area (Å²) in [7, 11) is -3.61. The van der Waals surface area contributed by atoms with Gasteiger partial charge in [-0.3, -0.25) is 4.79 Å². The summed E-state index contributed by atoms with van der Waals surface area (Å²) >= 11 is 5.81. The maximum absolute atomic E-state index is 12.2. The van der Waals surface area contributed by atoms with Crippen LogP contribution in [0.3, 0.4) is 0 Å². The van der Waals surface area contributed by atoms with Gasteiger partial charge in [0.2, 0.25) is 15.9 Å². The average molecular weight is 372 g/mol. The Labute approximate surface area is 147 Å². The van der Waals surface area contributed by atoms with Crippen LogP contribution < -0.4 is 15.4 Å². The van der Waals surface area contributed by atoms with Crippen LogP contribution in [0.15, 0.2) is 29.2 Å². The second kappa shape index (κ2) is 7.00. The average Bonchev–Trinajstić information content (AvgIpc) is 3.25. The lowest BCUT2D eigenvalue weighted by molar-refractivity contribution is -0.123. The highest BCUT2D eigenvalue weighted by Gasteiger charge is 2.57. The van der Waals surface area contributed by atoms with E-state index < -0.39 is 10.0 Å². The molecule has 0 bridgehead atoms. The minimum absolute atomic E-state index is 0.0406. The van der Waals surface area contributed by atoms with Crippen LogP contribution in [0.5, 0.6) is 0 Å². The Morgan fingerprint density at radius 1 is 1.29 bits per heavy atom. The fraction of sp³-hybridized carbons (Fsp3) is 0.562. The number of halogens is 1. The van der Waals surface area contributed by atoms with Gasteiger partial charge in [0.15, 0.2) is 0 Å². The molecule has 1 spiro atoms. The summed E-state index contributed by atoms with van der Waals surface area (Å²) in [5, 5.41) is 6.52. The predicted octanol–water partition coefficient (Wildman–Crippen LogP) is 1.12. The summed E-state index contributed by atoms with van der Waals surface area (Å²) in [6.45, 7) is 2.39. The van der Waals surface area contributed by atoms with E-state index in [9.17, 15) is 13.2 Å². The molecule has 24 heavy (non-hydrogen) atoms. The second-order valence-corrected chi connectivity index (χ2v) is 8.72. The molecule has 1 aromatic rings. The quantitative estimate of drug-likeness (QED) is 0.654. The van der Waals surface area contributed by atoms with E-state index in [1.807, 2.05) is 0 Å². The van der Waals surface area contributed by atoms with E-state index in [1.165, 1.54) is 12.1 Å². The summed E-state index contributed by atoms with van der Waals surface area (Å²) in [5.41, 5.74) is 0.190. The minimum Gasteiger partial charge on any atom is -0.355 e. The number of hydrogen-bond donors (Lipinski definition) is 3. The van der Waals surface area contributed by atoms with E-state index in [-0.39, 0.29) is 35.2 Å². The molecule has 1 saturated carbocycles. The van der Waals surface area contributed by atoms with Crippen LogP contribution in [-0.4, -0.2) is 40.5 Å². The maximum atomic E-state index is 12.2.